The first kappa shape index (κ1) is 21.4. The van der Waals surface area contributed by atoms with Gasteiger partial charge in [-0.2, -0.15) is 0 Å². The number of amides is 2. The normalized spacial score (nSPS) is 22.9. The molecule has 0 radical (unpaired) electrons. The Balaban J connectivity index is 1.56. The van der Waals surface area contributed by atoms with Gasteiger partial charge in [-0.3, -0.25) is 9.59 Å². The summed E-state index contributed by atoms with van der Waals surface area (Å²) >= 11 is 0. The van der Waals surface area contributed by atoms with Crippen molar-refractivity contribution < 1.29 is 23.5 Å². The maximum Gasteiger partial charge on any atom is 0.291 e. The molecule has 8 nitrogen and oxygen atoms in total. The minimum atomic E-state index is -1.05. The number of para-hydroxylation sites is 1. The zero-order valence-electron chi connectivity index (χ0n) is 17.9. The van der Waals surface area contributed by atoms with E-state index in [1.807, 2.05) is 25.1 Å². The molecule has 0 saturated carbocycles. The van der Waals surface area contributed by atoms with Crippen LogP contribution in [0.4, 0.5) is 0 Å². The number of hydrogen-bond donors (Lipinski definition) is 0. The van der Waals surface area contributed by atoms with Gasteiger partial charge in [-0.15, -0.1) is 0 Å². The number of carbonyl (C=O) groups is 2. The average Bonchev–Trinajstić information content (AvgIpc) is 3.34. The van der Waals surface area contributed by atoms with E-state index in [9.17, 15) is 9.59 Å². The van der Waals surface area contributed by atoms with Crippen LogP contribution < -0.4 is 4.74 Å². The van der Waals surface area contributed by atoms with E-state index < -0.39 is 5.60 Å². The van der Waals surface area contributed by atoms with Crippen molar-refractivity contribution in [1.82, 2.24) is 14.8 Å². The van der Waals surface area contributed by atoms with Gasteiger partial charge in [0.05, 0.1) is 25.9 Å². The standard InChI is InChI=1S/C23H29N3O5/c1-2-25-11-13-29-19-9-4-3-7-18(19)8-5-6-10-23(22(25)28)16-26(12-14-31-23)21(27)20-15-24-17-30-20/h3-4,7,9,15,17H,2,5-6,8,10-14,16H2,1H3. The SMILES string of the molecule is CCN1CCOc2ccccc2CCCCC2(CN(C(=O)c3cnco3)CCO2)C1=O. The highest BCUT2D eigenvalue weighted by Gasteiger charge is 2.46. The van der Waals surface area contributed by atoms with Gasteiger partial charge >= 0.3 is 0 Å². The van der Waals surface area contributed by atoms with Gasteiger partial charge in [-0.25, -0.2) is 4.98 Å². The van der Waals surface area contributed by atoms with Crippen LogP contribution in [-0.2, 0) is 16.0 Å². The van der Waals surface area contributed by atoms with Crippen LogP contribution in [0, 0.1) is 0 Å². The molecule has 8 heteroatoms. The number of fused-ring (bicyclic) bond motifs is 1. The van der Waals surface area contributed by atoms with Gasteiger partial charge in [0.25, 0.3) is 11.8 Å². The first-order chi connectivity index (χ1) is 15.1. The molecule has 1 fully saturated rings. The molecule has 1 unspecified atom stereocenters. The molecule has 3 heterocycles. The second-order valence-electron chi connectivity index (χ2n) is 7.98. The smallest absolute Gasteiger partial charge is 0.291 e. The lowest BCUT2D eigenvalue weighted by atomic mass is 9.91. The lowest BCUT2D eigenvalue weighted by molar-refractivity contribution is -0.170. The molecule has 0 N–H and O–H groups in total. The molecule has 0 aliphatic carbocycles. The van der Waals surface area contributed by atoms with Gasteiger partial charge in [0.1, 0.15) is 12.4 Å². The molecule has 2 aromatic rings. The van der Waals surface area contributed by atoms with Crippen molar-refractivity contribution in [3.8, 4) is 5.75 Å². The highest BCUT2D eigenvalue weighted by molar-refractivity contribution is 5.92. The Hall–Kier alpha value is -2.87. The van der Waals surface area contributed by atoms with Crippen molar-refractivity contribution >= 4 is 11.8 Å². The molecule has 4 rings (SSSR count). The van der Waals surface area contributed by atoms with Gasteiger partial charge in [0.15, 0.2) is 12.0 Å². The third-order valence-electron chi connectivity index (χ3n) is 6.04. The van der Waals surface area contributed by atoms with Crippen LogP contribution >= 0.6 is 0 Å². The first-order valence-corrected chi connectivity index (χ1v) is 10.9. The third-order valence-corrected chi connectivity index (χ3v) is 6.04. The molecule has 1 aromatic heterocycles. The van der Waals surface area contributed by atoms with E-state index in [2.05, 4.69) is 11.1 Å². The summed E-state index contributed by atoms with van der Waals surface area (Å²) in [5.41, 5.74) is 0.126. The quantitative estimate of drug-likeness (QED) is 0.732. The van der Waals surface area contributed by atoms with E-state index in [1.165, 1.54) is 18.2 Å². The van der Waals surface area contributed by atoms with E-state index in [-0.39, 0.29) is 24.1 Å². The minimum Gasteiger partial charge on any atom is -0.491 e. The number of hydrogen-bond acceptors (Lipinski definition) is 6. The van der Waals surface area contributed by atoms with Crippen molar-refractivity contribution in [3.63, 3.8) is 0 Å². The van der Waals surface area contributed by atoms with E-state index in [0.717, 1.165) is 25.0 Å². The van der Waals surface area contributed by atoms with Crippen LogP contribution in [0.3, 0.4) is 0 Å². The molecule has 1 saturated heterocycles. The third kappa shape index (κ3) is 4.58. The number of aromatic nitrogens is 1. The molecule has 1 atom stereocenters. The van der Waals surface area contributed by atoms with Crippen molar-refractivity contribution in [2.24, 2.45) is 0 Å². The van der Waals surface area contributed by atoms with E-state index in [4.69, 9.17) is 13.9 Å². The summed E-state index contributed by atoms with van der Waals surface area (Å²) in [7, 11) is 0. The van der Waals surface area contributed by atoms with E-state index >= 15 is 0 Å². The van der Waals surface area contributed by atoms with Gasteiger partial charge in [0, 0.05) is 13.1 Å². The molecule has 2 amide bonds. The molecular weight excluding hydrogens is 398 g/mol. The van der Waals surface area contributed by atoms with Gasteiger partial charge < -0.3 is 23.7 Å². The molecule has 0 bridgehead atoms. The number of nitrogens with zero attached hydrogens (tertiary/aromatic N) is 3. The zero-order chi connectivity index (χ0) is 21.7. The molecule has 166 valence electrons. The fourth-order valence-electron chi connectivity index (χ4n) is 4.36. The number of rotatable bonds is 2. The lowest BCUT2D eigenvalue weighted by Gasteiger charge is -2.43. The van der Waals surface area contributed by atoms with Crippen molar-refractivity contribution in [2.75, 3.05) is 39.4 Å². The topological polar surface area (TPSA) is 85.1 Å². The van der Waals surface area contributed by atoms with Crippen LogP contribution in [0.15, 0.2) is 41.3 Å². The predicted octanol–water partition coefficient (Wildman–Crippen LogP) is 2.54. The number of ether oxygens (including phenoxy) is 2. The molecular formula is C23H29N3O5. The number of morpholine rings is 1. The monoisotopic (exact) mass is 427 g/mol. The van der Waals surface area contributed by atoms with Gasteiger partial charge in [-0.1, -0.05) is 18.2 Å². The summed E-state index contributed by atoms with van der Waals surface area (Å²) < 4.78 is 17.3. The number of likely N-dealkylation sites (N-methyl/N-ethyl adjacent to an activating group) is 1. The zero-order valence-corrected chi connectivity index (χ0v) is 17.9. The number of benzene rings is 1. The minimum absolute atomic E-state index is 0.0810. The summed E-state index contributed by atoms with van der Waals surface area (Å²) in [5, 5.41) is 0. The lowest BCUT2D eigenvalue weighted by Crippen LogP contribution is -2.62. The van der Waals surface area contributed by atoms with Gasteiger partial charge in [0.2, 0.25) is 5.76 Å². The number of aryl methyl sites for hydroxylation is 1. The summed E-state index contributed by atoms with van der Waals surface area (Å²) in [6.45, 7) is 4.30. The van der Waals surface area contributed by atoms with Crippen molar-refractivity contribution in [3.05, 3.63) is 48.2 Å². The van der Waals surface area contributed by atoms with Crippen molar-refractivity contribution in [2.45, 2.75) is 38.2 Å². The molecule has 1 spiro atoms. The Labute approximate surface area is 182 Å². The summed E-state index contributed by atoms with van der Waals surface area (Å²) in [6, 6.07) is 8.07. The van der Waals surface area contributed by atoms with E-state index in [1.54, 1.807) is 9.80 Å². The van der Waals surface area contributed by atoms with Crippen LogP contribution in [0.1, 0.15) is 42.3 Å². The largest absolute Gasteiger partial charge is 0.491 e. The summed E-state index contributed by atoms with van der Waals surface area (Å²) in [6.07, 6.45) is 5.79. The molecule has 1 aromatic carbocycles. The Morgan fingerprint density at radius 2 is 2.06 bits per heavy atom. The molecule has 31 heavy (non-hydrogen) atoms. The van der Waals surface area contributed by atoms with E-state index in [0.29, 0.717) is 39.3 Å². The summed E-state index contributed by atoms with van der Waals surface area (Å²) in [5.74, 6) is 0.718. The Kier molecular flexibility index (Phi) is 6.56. The number of carbonyl (C=O) groups excluding carboxylic acids is 2. The first-order valence-electron chi connectivity index (χ1n) is 10.9. The summed E-state index contributed by atoms with van der Waals surface area (Å²) in [4.78, 5) is 33.7. The average molecular weight is 428 g/mol. The second-order valence-corrected chi connectivity index (χ2v) is 7.98. The van der Waals surface area contributed by atoms with Gasteiger partial charge in [-0.05, 0) is 44.2 Å². The fraction of sp³-hybridized carbons (Fsp3) is 0.522. The Bertz CT molecular complexity index is 900. The van der Waals surface area contributed by atoms with Crippen molar-refractivity contribution in [1.29, 1.82) is 0 Å². The second kappa shape index (κ2) is 9.51. The maximum absolute atomic E-state index is 13.6. The van der Waals surface area contributed by atoms with Crippen LogP contribution in [-0.4, -0.2) is 71.6 Å². The highest BCUT2D eigenvalue weighted by atomic mass is 16.5. The highest BCUT2D eigenvalue weighted by Crippen LogP contribution is 2.30. The van der Waals surface area contributed by atoms with Crippen LogP contribution in [0.5, 0.6) is 5.75 Å². The molecule has 2 aliphatic rings. The maximum atomic E-state index is 13.6. The Morgan fingerprint density at radius 1 is 1.19 bits per heavy atom. The molecule has 2 aliphatic heterocycles. The Morgan fingerprint density at radius 3 is 2.87 bits per heavy atom. The van der Waals surface area contributed by atoms with Crippen LogP contribution in [0.2, 0.25) is 0 Å². The fourth-order valence-corrected chi connectivity index (χ4v) is 4.36. The predicted molar refractivity (Wildman–Crippen MR) is 113 cm³/mol. The van der Waals surface area contributed by atoms with Crippen LogP contribution in [0.25, 0.3) is 0 Å². The number of oxazole rings is 1.